The molecule has 2 unspecified atom stereocenters. The van der Waals surface area contributed by atoms with Crippen LogP contribution < -0.4 is 29.0 Å². The van der Waals surface area contributed by atoms with E-state index < -0.39 is 5.79 Å². The minimum atomic E-state index is -1.58. The molecule has 7 nitrogen and oxygen atoms in total. The lowest BCUT2D eigenvalue weighted by molar-refractivity contribution is -0.116. The lowest BCUT2D eigenvalue weighted by Crippen LogP contribution is -2.47. The van der Waals surface area contributed by atoms with E-state index in [1.165, 1.54) is 16.7 Å². The molecule has 260 valence electrons. The minimum Gasteiger partial charge on any atom is -0.497 e. The topological polar surface area (TPSA) is 78.4 Å². The van der Waals surface area contributed by atoms with Gasteiger partial charge in [0.15, 0.2) is 18.1 Å². The van der Waals surface area contributed by atoms with Crippen molar-refractivity contribution in [1.29, 1.82) is 0 Å². The van der Waals surface area contributed by atoms with Crippen LogP contribution in [0.5, 0.6) is 28.7 Å². The molecule has 0 aliphatic carbocycles. The van der Waals surface area contributed by atoms with E-state index in [9.17, 15) is 5.11 Å². The molecule has 2 atom stereocenters. The van der Waals surface area contributed by atoms with Crippen molar-refractivity contribution >= 4 is 24.1 Å². The smallest absolute Gasteiger partial charge is 0.270 e. The highest BCUT2D eigenvalue weighted by molar-refractivity contribution is 5.92. The van der Waals surface area contributed by atoms with E-state index >= 15 is 0 Å². The van der Waals surface area contributed by atoms with Crippen LogP contribution in [0.2, 0.25) is 0 Å². The number of ether oxygens (including phenoxy) is 5. The standard InChI is InChI=1S/C23H25N.C19H18O6.ClH/c1-19(20-11-5-2-6-12-20)24-18-17-23(21-13-7-3-8-14-21)22-15-9-4-10-16-22;1-21-12-5-4-11-6-14-13-8-17(22-2)18(23-3)9-16(13)24-10-19(14,20)25-15(11)7-12;/h2-16,19,23-24H,17-18H2,1H3;4-9,20H,10H2,1-3H3;1H. The van der Waals surface area contributed by atoms with Gasteiger partial charge in [0, 0.05) is 40.8 Å². The Hall–Kier alpha value is -4.95. The first-order chi connectivity index (χ1) is 23.9. The van der Waals surface area contributed by atoms with Crippen LogP contribution in [0.3, 0.4) is 0 Å². The Morgan fingerprint density at radius 2 is 1.30 bits per heavy atom. The molecule has 0 spiro atoms. The molecule has 2 aliphatic rings. The van der Waals surface area contributed by atoms with Crippen molar-refractivity contribution in [3.63, 3.8) is 0 Å². The van der Waals surface area contributed by atoms with Gasteiger partial charge in [-0.05, 0) is 60.9 Å². The molecule has 5 aromatic carbocycles. The molecule has 0 saturated carbocycles. The number of hydrogen-bond acceptors (Lipinski definition) is 7. The van der Waals surface area contributed by atoms with Gasteiger partial charge >= 0.3 is 0 Å². The number of benzene rings is 5. The molecule has 8 heteroatoms. The van der Waals surface area contributed by atoms with Crippen molar-refractivity contribution in [2.75, 3.05) is 34.5 Å². The van der Waals surface area contributed by atoms with Crippen molar-refractivity contribution in [2.45, 2.75) is 31.1 Å². The molecule has 2 N–H and O–H groups in total. The summed E-state index contributed by atoms with van der Waals surface area (Å²) in [6.45, 7) is 3.19. The van der Waals surface area contributed by atoms with E-state index in [0.717, 1.165) is 18.5 Å². The Bertz CT molecular complexity index is 1830. The van der Waals surface area contributed by atoms with Gasteiger partial charge in [-0.15, -0.1) is 12.4 Å². The average molecular weight is 694 g/mol. The molecule has 0 aromatic heterocycles. The lowest BCUT2D eigenvalue weighted by atomic mass is 9.88. The predicted molar refractivity (Wildman–Crippen MR) is 201 cm³/mol. The average Bonchev–Trinajstić information content (AvgIpc) is 3.16. The highest BCUT2D eigenvalue weighted by Gasteiger charge is 2.44. The molecular formula is C42H44ClNO6. The highest BCUT2D eigenvalue weighted by Crippen LogP contribution is 2.49. The summed E-state index contributed by atoms with van der Waals surface area (Å²) in [5.41, 5.74) is 6.28. The zero-order valence-corrected chi connectivity index (χ0v) is 29.6. The van der Waals surface area contributed by atoms with E-state index in [1.54, 1.807) is 39.5 Å². The van der Waals surface area contributed by atoms with Gasteiger partial charge in [0.1, 0.15) is 17.2 Å². The van der Waals surface area contributed by atoms with Crippen LogP contribution in [-0.2, 0) is 0 Å². The van der Waals surface area contributed by atoms with Crippen molar-refractivity contribution < 1.29 is 28.8 Å². The maximum Gasteiger partial charge on any atom is 0.270 e. The molecule has 0 radical (unpaired) electrons. The van der Waals surface area contributed by atoms with Crippen LogP contribution in [0, 0.1) is 0 Å². The largest absolute Gasteiger partial charge is 0.497 e. The van der Waals surface area contributed by atoms with Crippen LogP contribution in [0.25, 0.3) is 11.6 Å². The summed E-state index contributed by atoms with van der Waals surface area (Å²) in [5.74, 6) is 1.77. The first kappa shape index (κ1) is 36.3. The van der Waals surface area contributed by atoms with Crippen molar-refractivity contribution in [1.82, 2.24) is 5.32 Å². The van der Waals surface area contributed by atoms with E-state index in [2.05, 4.69) is 103 Å². The van der Waals surface area contributed by atoms with Gasteiger partial charge in [-0.3, -0.25) is 0 Å². The number of rotatable bonds is 10. The molecule has 0 amide bonds. The third-order valence-electron chi connectivity index (χ3n) is 9.01. The van der Waals surface area contributed by atoms with Gasteiger partial charge in [0.25, 0.3) is 5.79 Å². The number of aliphatic hydroxyl groups is 1. The van der Waals surface area contributed by atoms with Gasteiger partial charge in [0.2, 0.25) is 0 Å². The maximum absolute atomic E-state index is 11.0. The van der Waals surface area contributed by atoms with E-state index in [0.29, 0.717) is 51.8 Å². The van der Waals surface area contributed by atoms with Crippen molar-refractivity contribution in [3.8, 4) is 28.7 Å². The minimum absolute atomic E-state index is 0. The summed E-state index contributed by atoms with van der Waals surface area (Å²) in [7, 11) is 4.71. The van der Waals surface area contributed by atoms with E-state index in [1.807, 2.05) is 18.2 Å². The van der Waals surface area contributed by atoms with Gasteiger partial charge < -0.3 is 34.1 Å². The van der Waals surface area contributed by atoms with Crippen LogP contribution in [0.4, 0.5) is 0 Å². The van der Waals surface area contributed by atoms with Crippen molar-refractivity contribution in [2.24, 2.45) is 0 Å². The van der Waals surface area contributed by atoms with Gasteiger partial charge in [-0.2, -0.15) is 0 Å². The summed E-state index contributed by atoms with van der Waals surface area (Å²) in [4.78, 5) is 0. The Morgan fingerprint density at radius 1 is 0.720 bits per heavy atom. The van der Waals surface area contributed by atoms with Gasteiger partial charge in [0.05, 0.1) is 21.3 Å². The van der Waals surface area contributed by atoms with E-state index in [4.69, 9.17) is 23.7 Å². The number of hydrogen-bond donors (Lipinski definition) is 2. The third-order valence-corrected chi connectivity index (χ3v) is 9.01. The second-order valence-electron chi connectivity index (χ2n) is 12.1. The number of fused-ring (bicyclic) bond motifs is 4. The zero-order chi connectivity index (χ0) is 34.2. The first-order valence-corrected chi connectivity index (χ1v) is 16.5. The van der Waals surface area contributed by atoms with Crippen LogP contribution >= 0.6 is 12.4 Å². The summed E-state index contributed by atoms with van der Waals surface area (Å²) in [6, 6.07) is 41.6. The summed E-state index contributed by atoms with van der Waals surface area (Å²) in [6.07, 6.45) is 2.98. The molecule has 0 bridgehead atoms. The fraction of sp³-hybridized carbons (Fsp3) is 0.238. The quantitative estimate of drug-likeness (QED) is 0.152. The predicted octanol–water partition coefficient (Wildman–Crippen LogP) is 8.71. The Labute approximate surface area is 300 Å². The highest BCUT2D eigenvalue weighted by atomic mass is 35.5. The normalized spacial score (nSPS) is 15.9. The molecule has 0 fully saturated rings. The zero-order valence-electron chi connectivity index (χ0n) is 28.8. The fourth-order valence-electron chi connectivity index (χ4n) is 6.32. The molecule has 2 heterocycles. The van der Waals surface area contributed by atoms with E-state index in [-0.39, 0.29) is 19.0 Å². The van der Waals surface area contributed by atoms with Gasteiger partial charge in [-0.1, -0.05) is 91.0 Å². The molecule has 2 aliphatic heterocycles. The summed E-state index contributed by atoms with van der Waals surface area (Å²) >= 11 is 0. The summed E-state index contributed by atoms with van der Waals surface area (Å²) in [5, 5.41) is 14.7. The number of nitrogens with one attached hydrogen (secondary N) is 1. The SMILES string of the molecule is CC(NCCC(c1ccccc1)c1ccccc1)c1ccccc1.COc1ccc2c(c1)OC1(O)COc3cc(OC)c(OC)cc3C1=C2.Cl. The number of halogens is 1. The van der Waals surface area contributed by atoms with Gasteiger partial charge in [-0.25, -0.2) is 0 Å². The molecule has 7 rings (SSSR count). The second-order valence-corrected chi connectivity index (χ2v) is 12.1. The lowest BCUT2D eigenvalue weighted by Gasteiger charge is -2.39. The maximum atomic E-state index is 11.0. The number of methoxy groups -OCH3 is 3. The Kier molecular flexibility index (Phi) is 12.1. The molecule has 0 saturated heterocycles. The molecule has 50 heavy (non-hydrogen) atoms. The van der Waals surface area contributed by atoms with Crippen LogP contribution in [0.1, 0.15) is 53.1 Å². The second kappa shape index (κ2) is 16.6. The third kappa shape index (κ3) is 8.08. The fourth-order valence-corrected chi connectivity index (χ4v) is 6.32. The monoisotopic (exact) mass is 693 g/mol. The van der Waals surface area contributed by atoms with Crippen LogP contribution in [-0.4, -0.2) is 45.4 Å². The Morgan fingerprint density at radius 3 is 1.88 bits per heavy atom. The van der Waals surface area contributed by atoms with Crippen molar-refractivity contribution in [3.05, 3.63) is 149 Å². The molecule has 5 aromatic rings. The molecular weight excluding hydrogens is 650 g/mol. The first-order valence-electron chi connectivity index (χ1n) is 16.5. The summed E-state index contributed by atoms with van der Waals surface area (Å²) < 4.78 is 27.5. The van der Waals surface area contributed by atoms with Crippen LogP contribution in [0.15, 0.2) is 121 Å². The Balaban J connectivity index is 0.000000191.